The summed E-state index contributed by atoms with van der Waals surface area (Å²) in [5.41, 5.74) is 2.62. The van der Waals surface area contributed by atoms with Gasteiger partial charge in [0.1, 0.15) is 11.4 Å². The number of aromatic hydroxyl groups is 1. The van der Waals surface area contributed by atoms with Crippen LogP contribution in [0, 0.1) is 5.92 Å². The van der Waals surface area contributed by atoms with Crippen molar-refractivity contribution >= 4 is 5.91 Å². The Morgan fingerprint density at radius 3 is 2.44 bits per heavy atom. The van der Waals surface area contributed by atoms with E-state index in [0.717, 1.165) is 24.3 Å². The molecule has 0 aliphatic carbocycles. The van der Waals surface area contributed by atoms with Crippen LogP contribution in [0.2, 0.25) is 0 Å². The van der Waals surface area contributed by atoms with Crippen molar-refractivity contribution in [1.82, 2.24) is 14.8 Å². The number of piperidine rings is 3. The van der Waals surface area contributed by atoms with Gasteiger partial charge in [-0.05, 0) is 80.7 Å². The summed E-state index contributed by atoms with van der Waals surface area (Å²) >= 11 is 0. The molecule has 5 rings (SSSR count). The first-order chi connectivity index (χ1) is 12.0. The zero-order valence-corrected chi connectivity index (χ0v) is 14.8. The number of nitrogens with zero attached hydrogens (tertiary/aromatic N) is 2. The number of benzene rings is 1. The van der Waals surface area contributed by atoms with Gasteiger partial charge in [-0.25, -0.2) is 0 Å². The third-order valence-corrected chi connectivity index (χ3v) is 5.99. The number of aromatic nitrogens is 1. The lowest BCUT2D eigenvalue weighted by molar-refractivity contribution is 0.0215. The molecule has 2 bridgehead atoms. The van der Waals surface area contributed by atoms with Gasteiger partial charge < -0.3 is 15.0 Å². The molecule has 1 aromatic heterocycles. The Morgan fingerprint density at radius 1 is 1.12 bits per heavy atom. The number of phenolic OH excluding ortho intramolecular Hbond substituents is 1. The van der Waals surface area contributed by atoms with Crippen molar-refractivity contribution in [3.05, 3.63) is 42.1 Å². The first kappa shape index (κ1) is 16.2. The second-order valence-electron chi connectivity index (χ2n) is 7.32. The van der Waals surface area contributed by atoms with Crippen molar-refractivity contribution in [1.29, 1.82) is 0 Å². The van der Waals surface area contributed by atoms with Crippen molar-refractivity contribution in [2.45, 2.75) is 31.8 Å². The molecule has 0 saturated carbocycles. The van der Waals surface area contributed by atoms with Crippen LogP contribution in [0.25, 0.3) is 11.3 Å². The molecule has 0 radical (unpaired) electrons. The average Bonchev–Trinajstić information content (AvgIpc) is 3.01. The molecule has 1 amide bonds. The van der Waals surface area contributed by atoms with E-state index in [9.17, 15) is 9.90 Å². The summed E-state index contributed by atoms with van der Waals surface area (Å²) in [6.07, 6.45) is 2.36. The largest absolute Gasteiger partial charge is 0.508 e. The van der Waals surface area contributed by atoms with E-state index in [2.05, 4.69) is 17.1 Å². The summed E-state index contributed by atoms with van der Waals surface area (Å²) in [5.74, 6) is 0.839. The van der Waals surface area contributed by atoms with E-state index < -0.39 is 0 Å². The third-order valence-electron chi connectivity index (χ3n) is 5.99. The van der Waals surface area contributed by atoms with Gasteiger partial charge in [0.2, 0.25) is 0 Å². The molecule has 5 nitrogen and oxygen atoms in total. The summed E-state index contributed by atoms with van der Waals surface area (Å²) in [6, 6.07) is 11.5. The Kier molecular flexibility index (Phi) is 4.04. The molecule has 0 spiro atoms. The highest BCUT2D eigenvalue weighted by atomic mass is 16.3. The Labute approximate surface area is 148 Å². The molecule has 4 heterocycles. The molecule has 3 aliphatic rings. The van der Waals surface area contributed by atoms with E-state index in [1.165, 1.54) is 12.8 Å². The van der Waals surface area contributed by atoms with Gasteiger partial charge in [-0.3, -0.25) is 9.69 Å². The maximum absolute atomic E-state index is 12.9. The lowest BCUT2D eigenvalue weighted by atomic mass is 9.79. The van der Waals surface area contributed by atoms with Gasteiger partial charge in [0.15, 0.2) is 0 Å². The minimum absolute atomic E-state index is 0.00173. The smallest absolute Gasteiger partial charge is 0.268 e. The summed E-state index contributed by atoms with van der Waals surface area (Å²) in [5, 5.41) is 12.7. The fourth-order valence-electron chi connectivity index (χ4n) is 4.43. The standard InChI is InChI=1S/C20H25N3O2/c1-13-19(15-9-11-23(13)12-10-15)21-20(25)18-8-7-17(22(18)2)14-3-5-16(24)6-4-14/h3-8,13,15,19,24H,9-12H2,1-2H3,(H,21,25). The van der Waals surface area contributed by atoms with Crippen molar-refractivity contribution in [2.75, 3.05) is 13.1 Å². The Balaban J connectivity index is 1.54. The van der Waals surface area contributed by atoms with Gasteiger partial charge in [-0.2, -0.15) is 0 Å². The molecule has 25 heavy (non-hydrogen) atoms. The van der Waals surface area contributed by atoms with Crippen LogP contribution in [-0.2, 0) is 7.05 Å². The molecule has 3 saturated heterocycles. The van der Waals surface area contributed by atoms with E-state index in [-0.39, 0.29) is 17.7 Å². The monoisotopic (exact) mass is 339 g/mol. The number of fused-ring (bicyclic) bond motifs is 3. The topological polar surface area (TPSA) is 57.5 Å². The first-order valence-corrected chi connectivity index (χ1v) is 9.04. The normalized spacial score (nSPS) is 28.1. The molecular weight excluding hydrogens is 314 g/mol. The number of amides is 1. The first-order valence-electron chi connectivity index (χ1n) is 9.04. The predicted molar refractivity (Wildman–Crippen MR) is 97.5 cm³/mol. The molecule has 3 aliphatic heterocycles. The van der Waals surface area contributed by atoms with Crippen LogP contribution in [0.15, 0.2) is 36.4 Å². The van der Waals surface area contributed by atoms with Crippen molar-refractivity contribution in [3.8, 4) is 17.0 Å². The van der Waals surface area contributed by atoms with Crippen LogP contribution in [0.1, 0.15) is 30.3 Å². The SMILES string of the molecule is CC1C(NC(=O)c2ccc(-c3ccc(O)cc3)n2C)C2CCN1CC2. The highest BCUT2D eigenvalue weighted by Gasteiger charge is 2.40. The Morgan fingerprint density at radius 2 is 1.80 bits per heavy atom. The number of phenols is 1. The van der Waals surface area contributed by atoms with E-state index in [4.69, 9.17) is 0 Å². The van der Waals surface area contributed by atoms with Crippen LogP contribution >= 0.6 is 0 Å². The average molecular weight is 339 g/mol. The van der Waals surface area contributed by atoms with Crippen LogP contribution in [0.4, 0.5) is 0 Å². The van der Waals surface area contributed by atoms with E-state index in [1.807, 2.05) is 35.9 Å². The van der Waals surface area contributed by atoms with E-state index >= 15 is 0 Å². The molecule has 2 atom stereocenters. The quantitative estimate of drug-likeness (QED) is 0.904. The molecule has 1 aromatic carbocycles. The van der Waals surface area contributed by atoms with Gasteiger partial charge in [0.25, 0.3) is 5.91 Å². The zero-order valence-electron chi connectivity index (χ0n) is 14.8. The number of carbonyl (C=O) groups excluding carboxylic acids is 1. The molecule has 2 unspecified atom stereocenters. The lowest BCUT2D eigenvalue weighted by Gasteiger charge is -2.49. The zero-order chi connectivity index (χ0) is 17.6. The number of nitrogens with one attached hydrogen (secondary N) is 1. The number of hydrogen-bond donors (Lipinski definition) is 2. The second-order valence-corrected chi connectivity index (χ2v) is 7.32. The second kappa shape index (κ2) is 6.23. The minimum atomic E-state index is -0.00173. The van der Waals surface area contributed by atoms with Crippen LogP contribution in [0.5, 0.6) is 5.75 Å². The van der Waals surface area contributed by atoms with E-state index in [1.54, 1.807) is 12.1 Å². The highest BCUT2D eigenvalue weighted by Crippen LogP contribution is 2.32. The Bertz CT molecular complexity index is 771. The van der Waals surface area contributed by atoms with Gasteiger partial charge in [0, 0.05) is 24.8 Å². The van der Waals surface area contributed by atoms with Crippen molar-refractivity contribution in [3.63, 3.8) is 0 Å². The number of carbonyl (C=O) groups is 1. The predicted octanol–water partition coefficient (Wildman–Crippen LogP) is 2.61. The van der Waals surface area contributed by atoms with Gasteiger partial charge >= 0.3 is 0 Å². The van der Waals surface area contributed by atoms with E-state index in [0.29, 0.717) is 17.7 Å². The third kappa shape index (κ3) is 2.82. The molecular formula is C20H25N3O2. The summed E-state index contributed by atoms with van der Waals surface area (Å²) in [7, 11) is 1.91. The molecule has 2 aromatic rings. The fourth-order valence-corrected chi connectivity index (χ4v) is 4.43. The minimum Gasteiger partial charge on any atom is -0.508 e. The van der Waals surface area contributed by atoms with Gasteiger partial charge in [0.05, 0.1) is 0 Å². The summed E-state index contributed by atoms with van der Waals surface area (Å²) in [4.78, 5) is 15.3. The number of rotatable bonds is 3. The molecule has 2 N–H and O–H groups in total. The summed E-state index contributed by atoms with van der Waals surface area (Å²) in [6.45, 7) is 4.55. The number of hydrogen-bond acceptors (Lipinski definition) is 3. The van der Waals surface area contributed by atoms with Crippen LogP contribution in [0.3, 0.4) is 0 Å². The van der Waals surface area contributed by atoms with Crippen molar-refractivity contribution < 1.29 is 9.90 Å². The Hall–Kier alpha value is -2.27. The van der Waals surface area contributed by atoms with Gasteiger partial charge in [-0.15, -0.1) is 0 Å². The van der Waals surface area contributed by atoms with Crippen LogP contribution in [-0.4, -0.2) is 45.7 Å². The fraction of sp³-hybridized carbons (Fsp3) is 0.450. The lowest BCUT2D eigenvalue weighted by Crippen LogP contribution is -2.62. The van der Waals surface area contributed by atoms with Crippen molar-refractivity contribution in [2.24, 2.45) is 13.0 Å². The highest BCUT2D eigenvalue weighted by molar-refractivity contribution is 5.94. The van der Waals surface area contributed by atoms with Crippen LogP contribution < -0.4 is 5.32 Å². The molecule has 132 valence electrons. The molecule has 3 fully saturated rings. The molecule has 5 heteroatoms. The maximum atomic E-state index is 12.9. The maximum Gasteiger partial charge on any atom is 0.268 e. The summed E-state index contributed by atoms with van der Waals surface area (Å²) < 4.78 is 1.92. The van der Waals surface area contributed by atoms with Gasteiger partial charge in [-0.1, -0.05) is 0 Å².